The predicted molar refractivity (Wildman–Crippen MR) is 92.4 cm³/mol. The molecule has 130 valence electrons. The number of aromatic nitrogens is 2. The van der Waals surface area contributed by atoms with Gasteiger partial charge in [-0.15, -0.1) is 11.3 Å². The molecule has 3 rings (SSSR count). The summed E-state index contributed by atoms with van der Waals surface area (Å²) in [5.74, 6) is -1.64. The zero-order chi connectivity index (χ0) is 18.0. The minimum atomic E-state index is -1.03. The van der Waals surface area contributed by atoms with Crippen molar-refractivity contribution < 1.29 is 18.7 Å². The second-order valence-corrected chi connectivity index (χ2v) is 6.53. The number of fused-ring (bicyclic) bond motifs is 1. The van der Waals surface area contributed by atoms with Crippen molar-refractivity contribution >= 4 is 45.5 Å². The van der Waals surface area contributed by atoms with Crippen molar-refractivity contribution in [3.8, 4) is 0 Å². The number of carbonyl (C=O) groups is 2. The molecule has 0 aliphatic heterocycles. The number of rotatable bonds is 5. The maximum Gasteiger partial charge on any atom is 0.312 e. The van der Waals surface area contributed by atoms with Crippen LogP contribution >= 0.6 is 22.9 Å². The van der Waals surface area contributed by atoms with Gasteiger partial charge < -0.3 is 10.1 Å². The van der Waals surface area contributed by atoms with E-state index in [1.165, 1.54) is 30.4 Å². The van der Waals surface area contributed by atoms with Gasteiger partial charge >= 0.3 is 5.97 Å². The Kier molecular flexibility index (Phi) is 5.00. The fourth-order valence-electron chi connectivity index (χ4n) is 2.13. The second-order valence-electron chi connectivity index (χ2n) is 5.25. The number of hydrogen-bond acceptors (Lipinski definition) is 5. The van der Waals surface area contributed by atoms with Crippen molar-refractivity contribution in [2.75, 3.05) is 5.32 Å². The Morgan fingerprint density at radius 1 is 1.48 bits per heavy atom. The standard InChI is InChI=1S/C16H13ClFN3O3S/c1-9(15(23)20-13-3-2-10(18)6-12(13)17)24-14(22)7-11-8-21-4-5-25-16(21)19-11/h2-6,8-9H,7H2,1H3,(H,20,23)/t9-/m0/s1. The fourth-order valence-corrected chi connectivity index (χ4v) is 3.06. The predicted octanol–water partition coefficient (Wildman–Crippen LogP) is 3.30. The molecule has 2 aromatic heterocycles. The first-order chi connectivity index (χ1) is 11.9. The van der Waals surface area contributed by atoms with Gasteiger partial charge in [0.25, 0.3) is 5.91 Å². The molecule has 1 amide bonds. The van der Waals surface area contributed by atoms with Crippen LogP contribution in [0.4, 0.5) is 10.1 Å². The van der Waals surface area contributed by atoms with Gasteiger partial charge in [0.1, 0.15) is 5.82 Å². The molecule has 0 fully saturated rings. The van der Waals surface area contributed by atoms with Crippen LogP contribution in [0.5, 0.6) is 0 Å². The van der Waals surface area contributed by atoms with Gasteiger partial charge in [0.2, 0.25) is 0 Å². The van der Waals surface area contributed by atoms with E-state index in [-0.39, 0.29) is 17.1 Å². The zero-order valence-corrected chi connectivity index (χ0v) is 14.6. The van der Waals surface area contributed by atoms with E-state index in [4.69, 9.17) is 16.3 Å². The molecule has 0 saturated heterocycles. The Balaban J connectivity index is 1.56. The third-order valence-electron chi connectivity index (χ3n) is 3.34. The van der Waals surface area contributed by atoms with E-state index in [1.54, 1.807) is 10.6 Å². The van der Waals surface area contributed by atoms with Gasteiger partial charge in [0, 0.05) is 17.8 Å². The van der Waals surface area contributed by atoms with Gasteiger partial charge in [-0.1, -0.05) is 11.6 Å². The SMILES string of the molecule is C[C@H](OC(=O)Cc1cn2ccsc2n1)C(=O)Nc1ccc(F)cc1Cl. The lowest BCUT2D eigenvalue weighted by Gasteiger charge is -2.14. The highest BCUT2D eigenvalue weighted by molar-refractivity contribution is 7.15. The maximum absolute atomic E-state index is 13.0. The molecule has 0 radical (unpaired) electrons. The largest absolute Gasteiger partial charge is 0.452 e. The molecule has 25 heavy (non-hydrogen) atoms. The van der Waals surface area contributed by atoms with Crippen molar-refractivity contribution in [1.82, 2.24) is 9.38 Å². The average Bonchev–Trinajstić information content (AvgIpc) is 3.11. The van der Waals surface area contributed by atoms with Gasteiger partial charge in [-0.25, -0.2) is 9.37 Å². The molecule has 1 atom stereocenters. The summed E-state index contributed by atoms with van der Waals surface area (Å²) in [6, 6.07) is 3.59. The lowest BCUT2D eigenvalue weighted by molar-refractivity contribution is -0.152. The highest BCUT2D eigenvalue weighted by Crippen LogP contribution is 2.22. The van der Waals surface area contributed by atoms with Gasteiger partial charge in [-0.2, -0.15) is 0 Å². The van der Waals surface area contributed by atoms with Crippen molar-refractivity contribution in [3.63, 3.8) is 0 Å². The molecule has 0 aliphatic carbocycles. The number of imidazole rings is 1. The summed E-state index contributed by atoms with van der Waals surface area (Å²) >= 11 is 7.30. The quantitative estimate of drug-likeness (QED) is 0.688. The van der Waals surface area contributed by atoms with Crippen LogP contribution in [0.2, 0.25) is 5.02 Å². The summed E-state index contributed by atoms with van der Waals surface area (Å²) in [5, 5.41) is 4.44. The maximum atomic E-state index is 13.0. The third kappa shape index (κ3) is 4.15. The normalized spacial score (nSPS) is 12.1. The number of hydrogen-bond donors (Lipinski definition) is 1. The first kappa shape index (κ1) is 17.4. The summed E-state index contributed by atoms with van der Waals surface area (Å²) in [5.41, 5.74) is 0.802. The summed E-state index contributed by atoms with van der Waals surface area (Å²) < 4.78 is 19.9. The van der Waals surface area contributed by atoms with Crippen LogP contribution in [0.1, 0.15) is 12.6 Å². The van der Waals surface area contributed by atoms with Gasteiger partial charge in [-0.05, 0) is 25.1 Å². The van der Waals surface area contributed by atoms with E-state index < -0.39 is 23.8 Å². The Labute approximate surface area is 151 Å². The van der Waals surface area contributed by atoms with Crippen molar-refractivity contribution in [3.05, 3.63) is 52.5 Å². The average molecular weight is 382 g/mol. The van der Waals surface area contributed by atoms with E-state index in [0.717, 1.165) is 11.0 Å². The molecule has 0 saturated carbocycles. The van der Waals surface area contributed by atoms with Crippen LogP contribution in [0, 0.1) is 5.82 Å². The van der Waals surface area contributed by atoms with Crippen LogP contribution in [-0.2, 0) is 20.7 Å². The smallest absolute Gasteiger partial charge is 0.312 e. The number of halogens is 2. The number of amides is 1. The molecule has 9 heteroatoms. The van der Waals surface area contributed by atoms with Crippen LogP contribution in [0.15, 0.2) is 36.0 Å². The Hall–Kier alpha value is -2.45. The Morgan fingerprint density at radius 3 is 3.00 bits per heavy atom. The number of benzene rings is 1. The monoisotopic (exact) mass is 381 g/mol. The number of anilines is 1. The van der Waals surface area contributed by atoms with Crippen molar-refractivity contribution in [2.24, 2.45) is 0 Å². The fraction of sp³-hybridized carbons (Fsp3) is 0.188. The van der Waals surface area contributed by atoms with Crippen LogP contribution in [0.25, 0.3) is 4.96 Å². The minimum Gasteiger partial charge on any atom is -0.452 e. The lowest BCUT2D eigenvalue weighted by atomic mass is 10.3. The molecule has 6 nitrogen and oxygen atoms in total. The molecule has 3 aromatic rings. The molecular formula is C16H13ClFN3O3S. The van der Waals surface area contributed by atoms with Crippen LogP contribution < -0.4 is 5.32 Å². The second kappa shape index (κ2) is 7.20. The van der Waals surface area contributed by atoms with E-state index in [0.29, 0.717) is 5.69 Å². The van der Waals surface area contributed by atoms with Crippen molar-refractivity contribution in [2.45, 2.75) is 19.4 Å². The van der Waals surface area contributed by atoms with E-state index >= 15 is 0 Å². The highest BCUT2D eigenvalue weighted by atomic mass is 35.5. The highest BCUT2D eigenvalue weighted by Gasteiger charge is 2.20. The topological polar surface area (TPSA) is 72.7 Å². The van der Waals surface area contributed by atoms with E-state index in [2.05, 4.69) is 10.3 Å². The third-order valence-corrected chi connectivity index (χ3v) is 4.42. The summed E-state index contributed by atoms with van der Waals surface area (Å²) in [7, 11) is 0. The van der Waals surface area contributed by atoms with Crippen molar-refractivity contribution in [1.29, 1.82) is 0 Å². The number of nitrogens with zero attached hydrogens (tertiary/aromatic N) is 2. The van der Waals surface area contributed by atoms with Gasteiger partial charge in [0.15, 0.2) is 11.1 Å². The van der Waals surface area contributed by atoms with Crippen LogP contribution in [0.3, 0.4) is 0 Å². The van der Waals surface area contributed by atoms with E-state index in [1.807, 2.05) is 11.6 Å². The molecule has 0 unspecified atom stereocenters. The minimum absolute atomic E-state index is 0.0384. The van der Waals surface area contributed by atoms with E-state index in [9.17, 15) is 14.0 Å². The molecule has 2 heterocycles. The van der Waals surface area contributed by atoms with Crippen LogP contribution in [-0.4, -0.2) is 27.4 Å². The molecule has 0 aliphatic rings. The van der Waals surface area contributed by atoms with Gasteiger partial charge in [0.05, 0.1) is 22.8 Å². The first-order valence-electron chi connectivity index (χ1n) is 7.29. The Morgan fingerprint density at radius 2 is 2.28 bits per heavy atom. The summed E-state index contributed by atoms with van der Waals surface area (Å²) in [6.07, 6.45) is 2.50. The first-order valence-corrected chi connectivity index (χ1v) is 8.54. The molecule has 1 aromatic carbocycles. The molecule has 1 N–H and O–H groups in total. The summed E-state index contributed by atoms with van der Waals surface area (Å²) in [6.45, 7) is 1.44. The summed E-state index contributed by atoms with van der Waals surface area (Å²) in [4.78, 5) is 29.1. The Bertz CT molecular complexity index is 911. The number of thiazole rings is 1. The number of ether oxygens (including phenoxy) is 1. The number of carbonyl (C=O) groups excluding carboxylic acids is 2. The lowest BCUT2D eigenvalue weighted by Crippen LogP contribution is -2.30. The number of nitrogens with one attached hydrogen (secondary N) is 1. The zero-order valence-electron chi connectivity index (χ0n) is 13.0. The number of esters is 1. The molecular weight excluding hydrogens is 369 g/mol. The molecule has 0 spiro atoms. The van der Waals surface area contributed by atoms with Gasteiger partial charge in [-0.3, -0.25) is 14.0 Å². The molecule has 0 bridgehead atoms.